The first-order valence-electron chi connectivity index (χ1n) is 5.40. The first kappa shape index (κ1) is 11.8. The van der Waals surface area contributed by atoms with Crippen molar-refractivity contribution in [3.05, 3.63) is 53.7 Å². The van der Waals surface area contributed by atoms with Crippen LogP contribution in [0.25, 0.3) is 0 Å². The van der Waals surface area contributed by atoms with Crippen LogP contribution in [0.1, 0.15) is 12.8 Å². The molecule has 3 heteroatoms. The van der Waals surface area contributed by atoms with Gasteiger partial charge in [-0.05, 0) is 37.1 Å². The van der Waals surface area contributed by atoms with Gasteiger partial charge in [0.05, 0.1) is 6.07 Å². The van der Waals surface area contributed by atoms with Crippen LogP contribution in [0.15, 0.2) is 48.7 Å². The molecule has 0 heterocycles. The predicted molar refractivity (Wildman–Crippen MR) is 70.6 cm³/mol. The molecule has 1 fully saturated rings. The van der Waals surface area contributed by atoms with Crippen LogP contribution >= 0.6 is 11.6 Å². The van der Waals surface area contributed by atoms with Crippen molar-refractivity contribution in [2.45, 2.75) is 12.8 Å². The molecule has 86 valence electrons. The number of nitrogens with one attached hydrogen (secondary N) is 1. The summed E-state index contributed by atoms with van der Waals surface area (Å²) in [4.78, 5) is 0. The number of rotatable bonds is 4. The van der Waals surface area contributed by atoms with E-state index in [4.69, 9.17) is 16.9 Å². The number of nitriles is 1. The van der Waals surface area contributed by atoms with E-state index in [-0.39, 0.29) is 5.41 Å². The molecule has 0 spiro atoms. The van der Waals surface area contributed by atoms with Crippen molar-refractivity contribution in [1.82, 2.24) is 0 Å². The number of halogens is 1. The molecule has 1 N–H and O–H groups in total. The molecule has 1 aliphatic carbocycles. The van der Waals surface area contributed by atoms with E-state index in [1.54, 1.807) is 0 Å². The van der Waals surface area contributed by atoms with E-state index < -0.39 is 0 Å². The van der Waals surface area contributed by atoms with Crippen molar-refractivity contribution in [1.29, 1.82) is 5.26 Å². The van der Waals surface area contributed by atoms with E-state index in [0.717, 1.165) is 24.2 Å². The van der Waals surface area contributed by atoms with E-state index in [9.17, 15) is 0 Å². The zero-order chi connectivity index (χ0) is 12.5. The molecule has 1 aromatic carbocycles. The standard InChI is InChI=1S/C14H13ClN2/c1-10(9-16)14(7-8-14)11(2)17-13-5-3-12(15)4-6-13/h3-6,17H,1-2,7-8H2. The Hall–Kier alpha value is -1.72. The van der Waals surface area contributed by atoms with Gasteiger partial charge < -0.3 is 5.32 Å². The lowest BCUT2D eigenvalue weighted by atomic mass is 9.94. The highest BCUT2D eigenvalue weighted by Gasteiger charge is 2.48. The number of anilines is 1. The van der Waals surface area contributed by atoms with Crippen LogP contribution in [-0.4, -0.2) is 0 Å². The SMILES string of the molecule is C=C(C#N)C1(C(=C)Nc2ccc(Cl)cc2)CC1. The lowest BCUT2D eigenvalue weighted by Crippen LogP contribution is -2.13. The lowest BCUT2D eigenvalue weighted by molar-refractivity contribution is 0.762. The van der Waals surface area contributed by atoms with Crippen LogP contribution in [0, 0.1) is 16.7 Å². The molecule has 0 aliphatic heterocycles. The van der Waals surface area contributed by atoms with E-state index in [2.05, 4.69) is 24.5 Å². The molecule has 0 atom stereocenters. The number of benzene rings is 1. The molecule has 1 aliphatic rings. The third-order valence-electron chi connectivity index (χ3n) is 3.18. The highest BCUT2D eigenvalue weighted by Crippen LogP contribution is 2.56. The monoisotopic (exact) mass is 244 g/mol. The van der Waals surface area contributed by atoms with Gasteiger partial charge in [0.25, 0.3) is 0 Å². The maximum Gasteiger partial charge on any atom is 0.0950 e. The van der Waals surface area contributed by atoms with Crippen LogP contribution in [0.5, 0.6) is 0 Å². The molecule has 0 saturated heterocycles. The van der Waals surface area contributed by atoms with Crippen molar-refractivity contribution in [3.63, 3.8) is 0 Å². The van der Waals surface area contributed by atoms with Crippen molar-refractivity contribution >= 4 is 17.3 Å². The minimum absolute atomic E-state index is 0.228. The van der Waals surface area contributed by atoms with Gasteiger partial charge in [-0.3, -0.25) is 0 Å². The fraction of sp³-hybridized carbons (Fsp3) is 0.214. The van der Waals surface area contributed by atoms with E-state index in [1.807, 2.05) is 24.3 Å². The Balaban J connectivity index is 2.11. The fourth-order valence-corrected chi connectivity index (χ4v) is 1.97. The average Bonchev–Trinajstić information content (AvgIpc) is 3.12. The summed E-state index contributed by atoms with van der Waals surface area (Å²) in [6.07, 6.45) is 1.89. The maximum absolute atomic E-state index is 8.93. The zero-order valence-corrected chi connectivity index (χ0v) is 10.2. The lowest BCUT2D eigenvalue weighted by Gasteiger charge is -2.18. The van der Waals surface area contributed by atoms with Crippen molar-refractivity contribution in [2.75, 3.05) is 5.32 Å². The van der Waals surface area contributed by atoms with Crippen LogP contribution < -0.4 is 5.32 Å². The Morgan fingerprint density at radius 1 is 1.29 bits per heavy atom. The second-order valence-corrected chi connectivity index (χ2v) is 4.72. The van der Waals surface area contributed by atoms with Gasteiger partial charge in [0.1, 0.15) is 0 Å². The molecule has 0 amide bonds. The third kappa shape index (κ3) is 2.20. The molecular weight excluding hydrogens is 232 g/mol. The summed E-state index contributed by atoms with van der Waals surface area (Å²) in [7, 11) is 0. The molecule has 0 bridgehead atoms. The van der Waals surface area contributed by atoms with Crippen LogP contribution in [-0.2, 0) is 0 Å². The minimum atomic E-state index is -0.228. The van der Waals surface area contributed by atoms with Gasteiger partial charge in [0.15, 0.2) is 0 Å². The van der Waals surface area contributed by atoms with Gasteiger partial charge in [0, 0.05) is 27.4 Å². The second-order valence-electron chi connectivity index (χ2n) is 4.28. The van der Waals surface area contributed by atoms with E-state index in [1.165, 1.54) is 0 Å². The summed E-state index contributed by atoms with van der Waals surface area (Å²) >= 11 is 5.82. The zero-order valence-electron chi connectivity index (χ0n) is 9.46. The molecular formula is C14H13ClN2. The predicted octanol–water partition coefficient (Wildman–Crippen LogP) is 4.13. The van der Waals surface area contributed by atoms with Crippen LogP contribution in [0.3, 0.4) is 0 Å². The normalized spacial score (nSPS) is 15.8. The Bertz CT molecular complexity index is 504. The van der Waals surface area contributed by atoms with Gasteiger partial charge >= 0.3 is 0 Å². The smallest absolute Gasteiger partial charge is 0.0950 e. The first-order chi connectivity index (χ1) is 8.08. The van der Waals surface area contributed by atoms with Gasteiger partial charge in [-0.15, -0.1) is 0 Å². The number of nitrogens with zero attached hydrogens (tertiary/aromatic N) is 1. The van der Waals surface area contributed by atoms with Gasteiger partial charge in [-0.2, -0.15) is 5.26 Å². The molecule has 2 rings (SSSR count). The summed E-state index contributed by atoms with van der Waals surface area (Å²) < 4.78 is 0. The quantitative estimate of drug-likeness (QED) is 0.809. The Morgan fingerprint density at radius 3 is 2.35 bits per heavy atom. The Labute approximate surface area is 106 Å². The molecule has 2 nitrogen and oxygen atoms in total. The topological polar surface area (TPSA) is 35.8 Å². The van der Waals surface area contributed by atoms with Gasteiger partial charge in [-0.1, -0.05) is 24.8 Å². The van der Waals surface area contributed by atoms with E-state index in [0.29, 0.717) is 10.6 Å². The summed E-state index contributed by atoms with van der Waals surface area (Å²) in [5.74, 6) is 0. The average molecular weight is 245 g/mol. The van der Waals surface area contributed by atoms with Crippen LogP contribution in [0.2, 0.25) is 5.02 Å². The summed E-state index contributed by atoms with van der Waals surface area (Å²) in [5.41, 5.74) is 2.13. The number of hydrogen-bond acceptors (Lipinski definition) is 2. The molecule has 1 saturated carbocycles. The molecule has 0 aromatic heterocycles. The largest absolute Gasteiger partial charge is 0.359 e. The van der Waals surface area contributed by atoms with Crippen molar-refractivity contribution in [3.8, 4) is 6.07 Å². The minimum Gasteiger partial charge on any atom is -0.359 e. The fourth-order valence-electron chi connectivity index (χ4n) is 1.84. The highest BCUT2D eigenvalue weighted by atomic mass is 35.5. The summed E-state index contributed by atoms with van der Waals surface area (Å²) in [6, 6.07) is 9.53. The summed E-state index contributed by atoms with van der Waals surface area (Å²) in [5, 5.41) is 12.8. The number of allylic oxidation sites excluding steroid dienone is 1. The Morgan fingerprint density at radius 2 is 1.88 bits per heavy atom. The maximum atomic E-state index is 8.93. The van der Waals surface area contributed by atoms with Crippen molar-refractivity contribution in [2.24, 2.45) is 5.41 Å². The van der Waals surface area contributed by atoms with E-state index >= 15 is 0 Å². The summed E-state index contributed by atoms with van der Waals surface area (Å²) in [6.45, 7) is 7.82. The second kappa shape index (κ2) is 4.27. The van der Waals surface area contributed by atoms with Crippen LogP contribution in [0.4, 0.5) is 5.69 Å². The molecule has 0 radical (unpaired) electrons. The van der Waals surface area contributed by atoms with Crippen molar-refractivity contribution < 1.29 is 0 Å². The van der Waals surface area contributed by atoms with Gasteiger partial charge in [-0.25, -0.2) is 0 Å². The Kier molecular flexibility index (Phi) is 2.95. The molecule has 0 unspecified atom stereocenters. The number of hydrogen-bond donors (Lipinski definition) is 1. The molecule has 1 aromatic rings. The highest BCUT2D eigenvalue weighted by molar-refractivity contribution is 6.30. The first-order valence-corrected chi connectivity index (χ1v) is 5.78. The third-order valence-corrected chi connectivity index (χ3v) is 3.43. The van der Waals surface area contributed by atoms with Gasteiger partial charge in [0.2, 0.25) is 0 Å². The molecule has 17 heavy (non-hydrogen) atoms.